The first kappa shape index (κ1) is 12.3. The zero-order chi connectivity index (χ0) is 12.1. The summed E-state index contributed by atoms with van der Waals surface area (Å²) in [6.07, 6.45) is 0. The molecule has 1 aromatic carbocycles. The zero-order valence-corrected chi connectivity index (χ0v) is 10.9. The van der Waals surface area contributed by atoms with E-state index in [-0.39, 0.29) is 0 Å². The van der Waals surface area contributed by atoms with Crippen LogP contribution in [0, 0.1) is 0 Å². The Morgan fingerprint density at radius 3 is 2.65 bits per heavy atom. The van der Waals surface area contributed by atoms with E-state index in [4.69, 9.17) is 16.3 Å². The number of benzene rings is 1. The maximum Gasteiger partial charge on any atom is 0.207 e. The van der Waals surface area contributed by atoms with Gasteiger partial charge in [-0.15, -0.1) is 10.2 Å². The van der Waals surface area contributed by atoms with Crippen LogP contribution in [-0.4, -0.2) is 17.2 Å². The number of rotatable bonds is 5. The van der Waals surface area contributed by atoms with Crippen molar-refractivity contribution < 1.29 is 4.74 Å². The third-order valence-electron chi connectivity index (χ3n) is 2.11. The maximum atomic E-state index is 5.68. The van der Waals surface area contributed by atoms with Crippen molar-refractivity contribution in [1.82, 2.24) is 15.5 Å². The third kappa shape index (κ3) is 3.66. The van der Waals surface area contributed by atoms with E-state index in [9.17, 15) is 0 Å². The van der Waals surface area contributed by atoms with Gasteiger partial charge in [-0.3, -0.25) is 0 Å². The zero-order valence-electron chi connectivity index (χ0n) is 9.31. The minimum Gasteiger partial charge on any atom is -0.486 e. The Morgan fingerprint density at radius 2 is 2.06 bits per heavy atom. The molecule has 0 atom stereocenters. The van der Waals surface area contributed by atoms with E-state index in [0.29, 0.717) is 11.1 Å². The first-order chi connectivity index (χ1) is 8.28. The third-order valence-corrected chi connectivity index (χ3v) is 3.10. The lowest BCUT2D eigenvalue weighted by molar-refractivity contribution is 0.304. The average Bonchev–Trinajstić information content (AvgIpc) is 2.75. The van der Waals surface area contributed by atoms with Gasteiger partial charge in [0.25, 0.3) is 0 Å². The monoisotopic (exact) mass is 269 g/mol. The van der Waals surface area contributed by atoms with Gasteiger partial charge in [-0.2, -0.15) is 0 Å². The Hall–Kier alpha value is -1.17. The van der Waals surface area contributed by atoms with Gasteiger partial charge in [0.05, 0.1) is 0 Å². The molecule has 0 aliphatic rings. The molecule has 0 fully saturated rings. The molecule has 2 aromatic rings. The van der Waals surface area contributed by atoms with Crippen molar-refractivity contribution in [3.63, 3.8) is 0 Å². The Kier molecular flexibility index (Phi) is 4.30. The molecule has 90 valence electrons. The lowest BCUT2D eigenvalue weighted by atomic mass is 10.2. The summed E-state index contributed by atoms with van der Waals surface area (Å²) in [6.45, 7) is 1.25. The number of nitrogens with one attached hydrogen (secondary N) is 1. The van der Waals surface area contributed by atoms with E-state index < -0.39 is 0 Å². The number of ether oxygens (including phenoxy) is 1. The summed E-state index contributed by atoms with van der Waals surface area (Å²) >= 11 is 7.01. The van der Waals surface area contributed by atoms with Gasteiger partial charge in [-0.25, -0.2) is 0 Å². The van der Waals surface area contributed by atoms with Crippen molar-refractivity contribution in [1.29, 1.82) is 0 Å². The van der Waals surface area contributed by atoms with E-state index in [0.717, 1.165) is 17.3 Å². The molecule has 0 unspecified atom stereocenters. The second kappa shape index (κ2) is 5.95. The molecular weight excluding hydrogens is 258 g/mol. The summed E-state index contributed by atoms with van der Waals surface area (Å²) < 4.78 is 6.01. The second-order valence-electron chi connectivity index (χ2n) is 3.41. The van der Waals surface area contributed by atoms with E-state index in [1.165, 1.54) is 16.9 Å². The van der Waals surface area contributed by atoms with Gasteiger partial charge in [-0.05, 0) is 36.3 Å². The molecule has 1 aromatic heterocycles. The molecule has 0 spiro atoms. The molecule has 0 amide bonds. The van der Waals surface area contributed by atoms with Crippen LogP contribution in [-0.2, 0) is 13.2 Å². The standard InChI is InChI=1S/C11H12ClN3OS/c1-13-6-8-2-4-9(5-3-8)16-7-10-14-15-11(12)17-10/h2-5,13H,6-7H2,1H3. The van der Waals surface area contributed by atoms with Crippen LogP contribution >= 0.6 is 22.9 Å². The number of hydrogen-bond donors (Lipinski definition) is 1. The van der Waals surface area contributed by atoms with Crippen LogP contribution in [0.5, 0.6) is 5.75 Å². The highest BCUT2D eigenvalue weighted by atomic mass is 35.5. The lowest BCUT2D eigenvalue weighted by Crippen LogP contribution is -2.04. The van der Waals surface area contributed by atoms with Gasteiger partial charge in [0.2, 0.25) is 4.47 Å². The summed E-state index contributed by atoms with van der Waals surface area (Å²) in [4.78, 5) is 0. The van der Waals surface area contributed by atoms with Crippen LogP contribution in [0.15, 0.2) is 24.3 Å². The SMILES string of the molecule is CNCc1ccc(OCc2nnc(Cl)s2)cc1. The minimum atomic E-state index is 0.399. The van der Waals surface area contributed by atoms with Crippen molar-refractivity contribution in [2.75, 3.05) is 7.05 Å². The molecule has 0 bridgehead atoms. The molecule has 0 radical (unpaired) electrons. The van der Waals surface area contributed by atoms with E-state index >= 15 is 0 Å². The molecule has 1 heterocycles. The Labute approximate surface area is 109 Å². The van der Waals surface area contributed by atoms with Crippen molar-refractivity contribution in [2.24, 2.45) is 0 Å². The molecule has 0 aliphatic carbocycles. The maximum absolute atomic E-state index is 5.68. The lowest BCUT2D eigenvalue weighted by Gasteiger charge is -2.05. The molecule has 4 nitrogen and oxygen atoms in total. The Morgan fingerprint density at radius 1 is 1.29 bits per heavy atom. The van der Waals surface area contributed by atoms with Gasteiger partial charge in [0.15, 0.2) is 5.01 Å². The number of hydrogen-bond acceptors (Lipinski definition) is 5. The van der Waals surface area contributed by atoms with Gasteiger partial charge in [0, 0.05) is 6.54 Å². The smallest absolute Gasteiger partial charge is 0.207 e. The van der Waals surface area contributed by atoms with Crippen LogP contribution in [0.4, 0.5) is 0 Å². The van der Waals surface area contributed by atoms with E-state index in [1.807, 2.05) is 31.3 Å². The largest absolute Gasteiger partial charge is 0.486 e. The minimum absolute atomic E-state index is 0.399. The summed E-state index contributed by atoms with van der Waals surface area (Å²) in [5, 5.41) is 11.5. The van der Waals surface area contributed by atoms with Gasteiger partial charge in [-0.1, -0.05) is 23.5 Å². The topological polar surface area (TPSA) is 47.0 Å². The number of halogens is 1. The van der Waals surface area contributed by atoms with Crippen LogP contribution in [0.2, 0.25) is 4.47 Å². The molecule has 1 N–H and O–H groups in total. The van der Waals surface area contributed by atoms with Crippen molar-refractivity contribution in [2.45, 2.75) is 13.2 Å². The fraction of sp³-hybridized carbons (Fsp3) is 0.273. The quantitative estimate of drug-likeness (QED) is 0.906. The molecular formula is C11H12ClN3OS. The first-order valence-electron chi connectivity index (χ1n) is 5.12. The van der Waals surface area contributed by atoms with Crippen LogP contribution < -0.4 is 10.1 Å². The fourth-order valence-corrected chi connectivity index (χ4v) is 2.12. The normalized spacial score (nSPS) is 10.5. The number of aromatic nitrogens is 2. The molecule has 0 saturated carbocycles. The highest BCUT2D eigenvalue weighted by Crippen LogP contribution is 2.18. The molecule has 0 aliphatic heterocycles. The Bertz CT molecular complexity index is 472. The Balaban J connectivity index is 1.90. The summed E-state index contributed by atoms with van der Waals surface area (Å²) in [7, 11) is 1.92. The highest BCUT2D eigenvalue weighted by Gasteiger charge is 2.02. The van der Waals surface area contributed by atoms with Gasteiger partial charge in [0.1, 0.15) is 12.4 Å². The van der Waals surface area contributed by atoms with Crippen LogP contribution in [0.25, 0.3) is 0 Å². The molecule has 6 heteroatoms. The molecule has 17 heavy (non-hydrogen) atoms. The highest BCUT2D eigenvalue weighted by molar-refractivity contribution is 7.15. The fourth-order valence-electron chi connectivity index (χ4n) is 1.34. The summed E-state index contributed by atoms with van der Waals surface area (Å²) in [6, 6.07) is 7.93. The van der Waals surface area contributed by atoms with Crippen molar-refractivity contribution in [3.8, 4) is 5.75 Å². The van der Waals surface area contributed by atoms with Gasteiger partial charge < -0.3 is 10.1 Å². The molecule has 2 rings (SSSR count). The van der Waals surface area contributed by atoms with E-state index in [1.54, 1.807) is 0 Å². The van der Waals surface area contributed by atoms with Gasteiger partial charge >= 0.3 is 0 Å². The summed E-state index contributed by atoms with van der Waals surface area (Å²) in [5.41, 5.74) is 1.22. The second-order valence-corrected chi connectivity index (χ2v) is 5.06. The average molecular weight is 270 g/mol. The van der Waals surface area contributed by atoms with E-state index in [2.05, 4.69) is 15.5 Å². The van der Waals surface area contributed by atoms with Crippen LogP contribution in [0.1, 0.15) is 10.6 Å². The predicted molar refractivity (Wildman–Crippen MR) is 68.5 cm³/mol. The number of nitrogens with zero attached hydrogens (tertiary/aromatic N) is 2. The molecule has 0 saturated heterocycles. The van der Waals surface area contributed by atoms with Crippen molar-refractivity contribution >= 4 is 22.9 Å². The first-order valence-corrected chi connectivity index (χ1v) is 6.31. The predicted octanol–water partition coefficient (Wildman–Crippen LogP) is 2.49. The van der Waals surface area contributed by atoms with Crippen molar-refractivity contribution in [3.05, 3.63) is 39.3 Å². The summed E-state index contributed by atoms with van der Waals surface area (Å²) in [5.74, 6) is 0.816. The van der Waals surface area contributed by atoms with Crippen LogP contribution in [0.3, 0.4) is 0 Å².